The highest BCUT2D eigenvalue weighted by Gasteiger charge is 2.27. The van der Waals surface area contributed by atoms with Gasteiger partial charge in [0.25, 0.3) is 5.69 Å². The monoisotopic (exact) mass is 269 g/mol. The fraction of sp³-hybridized carbons (Fsp3) is 0.455. The standard InChI is InChI=1S/C11H15N3O5/c1-7(15)12-6-4-9(16)11(17)10-8(14(18)19)3-2-5-13-10/h2-3,5,9,11,16-17H,4,6H2,1H3,(H,12,15). The molecule has 0 saturated carbocycles. The third-order valence-corrected chi connectivity index (χ3v) is 2.47. The summed E-state index contributed by atoms with van der Waals surface area (Å²) in [6.45, 7) is 1.49. The minimum Gasteiger partial charge on any atom is -0.390 e. The van der Waals surface area contributed by atoms with Gasteiger partial charge < -0.3 is 15.5 Å². The quantitative estimate of drug-likeness (QED) is 0.489. The largest absolute Gasteiger partial charge is 0.390 e. The van der Waals surface area contributed by atoms with Gasteiger partial charge in [0.15, 0.2) is 0 Å². The molecule has 0 spiro atoms. The number of nitrogens with zero attached hydrogens (tertiary/aromatic N) is 2. The number of hydrogen-bond donors (Lipinski definition) is 3. The minimum absolute atomic E-state index is 0.0640. The molecule has 1 aromatic heterocycles. The Kier molecular flexibility index (Phi) is 5.34. The number of aromatic nitrogens is 1. The van der Waals surface area contributed by atoms with E-state index >= 15 is 0 Å². The highest BCUT2D eigenvalue weighted by atomic mass is 16.6. The maximum absolute atomic E-state index is 10.8. The van der Waals surface area contributed by atoms with Crippen LogP contribution in [0.4, 0.5) is 5.69 Å². The van der Waals surface area contributed by atoms with Crippen LogP contribution in [0, 0.1) is 10.1 Å². The lowest BCUT2D eigenvalue weighted by Gasteiger charge is -2.17. The summed E-state index contributed by atoms with van der Waals surface area (Å²) in [5, 5.41) is 32.8. The first-order chi connectivity index (χ1) is 8.93. The Morgan fingerprint density at radius 2 is 2.26 bits per heavy atom. The molecule has 19 heavy (non-hydrogen) atoms. The molecule has 3 N–H and O–H groups in total. The number of hydrogen-bond acceptors (Lipinski definition) is 6. The molecule has 2 unspecified atom stereocenters. The summed E-state index contributed by atoms with van der Waals surface area (Å²) < 4.78 is 0. The molecule has 0 aliphatic carbocycles. The number of carbonyl (C=O) groups is 1. The average molecular weight is 269 g/mol. The van der Waals surface area contributed by atoms with E-state index in [0.717, 1.165) is 0 Å². The van der Waals surface area contributed by atoms with Crippen LogP contribution < -0.4 is 5.32 Å². The van der Waals surface area contributed by atoms with E-state index in [9.17, 15) is 25.1 Å². The number of amides is 1. The molecule has 8 nitrogen and oxygen atoms in total. The van der Waals surface area contributed by atoms with Crippen LogP contribution in [-0.2, 0) is 4.79 Å². The minimum atomic E-state index is -1.48. The molecule has 104 valence electrons. The van der Waals surface area contributed by atoms with Crippen molar-refractivity contribution in [3.63, 3.8) is 0 Å². The topological polar surface area (TPSA) is 126 Å². The van der Waals surface area contributed by atoms with E-state index in [1.165, 1.54) is 25.3 Å². The highest BCUT2D eigenvalue weighted by molar-refractivity contribution is 5.72. The molecule has 0 fully saturated rings. The number of pyridine rings is 1. The Labute approximate surface area is 109 Å². The van der Waals surface area contributed by atoms with Crippen molar-refractivity contribution in [1.82, 2.24) is 10.3 Å². The number of nitrogens with one attached hydrogen (secondary N) is 1. The zero-order valence-electron chi connectivity index (χ0n) is 10.3. The zero-order chi connectivity index (χ0) is 14.4. The fourth-order valence-electron chi connectivity index (χ4n) is 1.53. The molecule has 0 radical (unpaired) electrons. The predicted octanol–water partition coefficient (Wildman–Crippen LogP) is -0.0897. The van der Waals surface area contributed by atoms with E-state index in [0.29, 0.717) is 0 Å². The van der Waals surface area contributed by atoms with E-state index in [1.54, 1.807) is 0 Å². The molecule has 0 saturated heterocycles. The Hall–Kier alpha value is -2.06. The zero-order valence-corrected chi connectivity index (χ0v) is 10.3. The van der Waals surface area contributed by atoms with Crippen LogP contribution >= 0.6 is 0 Å². The van der Waals surface area contributed by atoms with Crippen molar-refractivity contribution in [2.24, 2.45) is 0 Å². The first-order valence-corrected chi connectivity index (χ1v) is 5.63. The van der Waals surface area contributed by atoms with Crippen molar-refractivity contribution in [3.8, 4) is 0 Å². The van der Waals surface area contributed by atoms with E-state index in [1.807, 2.05) is 0 Å². The van der Waals surface area contributed by atoms with Gasteiger partial charge in [-0.1, -0.05) is 0 Å². The number of aliphatic hydroxyl groups excluding tert-OH is 2. The molecule has 1 rings (SSSR count). The summed E-state index contributed by atoms with van der Waals surface area (Å²) in [5.41, 5.74) is -0.545. The first-order valence-electron chi connectivity index (χ1n) is 5.63. The Morgan fingerprint density at radius 1 is 1.58 bits per heavy atom. The summed E-state index contributed by atoms with van der Waals surface area (Å²) in [7, 11) is 0. The van der Waals surface area contributed by atoms with Gasteiger partial charge in [-0.25, -0.2) is 0 Å². The highest BCUT2D eigenvalue weighted by Crippen LogP contribution is 2.25. The van der Waals surface area contributed by atoms with Crippen molar-refractivity contribution in [2.45, 2.75) is 25.6 Å². The summed E-state index contributed by atoms with van der Waals surface area (Å²) >= 11 is 0. The number of rotatable bonds is 6. The van der Waals surface area contributed by atoms with Gasteiger partial charge in [0.05, 0.1) is 11.0 Å². The van der Waals surface area contributed by atoms with Crippen molar-refractivity contribution < 1.29 is 19.9 Å². The Morgan fingerprint density at radius 3 is 2.84 bits per heavy atom. The molecule has 0 aliphatic rings. The Balaban J connectivity index is 2.73. The number of carbonyl (C=O) groups excluding carboxylic acids is 1. The van der Waals surface area contributed by atoms with Gasteiger partial charge in [-0.2, -0.15) is 0 Å². The smallest absolute Gasteiger partial charge is 0.293 e. The number of aliphatic hydroxyl groups is 2. The molecule has 8 heteroatoms. The van der Waals surface area contributed by atoms with E-state index < -0.39 is 17.1 Å². The summed E-state index contributed by atoms with van der Waals surface area (Å²) in [6, 6.07) is 2.57. The lowest BCUT2D eigenvalue weighted by atomic mass is 10.1. The van der Waals surface area contributed by atoms with Crippen molar-refractivity contribution >= 4 is 11.6 Å². The van der Waals surface area contributed by atoms with Crippen LogP contribution in [0.25, 0.3) is 0 Å². The van der Waals surface area contributed by atoms with Gasteiger partial charge in [-0.05, 0) is 12.5 Å². The third-order valence-electron chi connectivity index (χ3n) is 2.47. The second-order valence-corrected chi connectivity index (χ2v) is 3.95. The van der Waals surface area contributed by atoms with E-state index in [2.05, 4.69) is 10.3 Å². The SMILES string of the molecule is CC(=O)NCCC(O)C(O)c1ncccc1[N+](=O)[O-]. The van der Waals surface area contributed by atoms with Crippen LogP contribution in [-0.4, -0.2) is 38.7 Å². The third kappa shape index (κ3) is 4.27. The van der Waals surface area contributed by atoms with E-state index in [-0.39, 0.29) is 30.3 Å². The van der Waals surface area contributed by atoms with Crippen LogP contribution in [0.15, 0.2) is 18.3 Å². The number of nitro groups is 1. The second kappa shape index (κ2) is 6.76. The van der Waals surface area contributed by atoms with Crippen molar-refractivity contribution in [3.05, 3.63) is 34.1 Å². The van der Waals surface area contributed by atoms with Gasteiger partial charge in [0.2, 0.25) is 5.91 Å². The van der Waals surface area contributed by atoms with Crippen LogP contribution in [0.3, 0.4) is 0 Å². The van der Waals surface area contributed by atoms with Gasteiger partial charge in [-0.3, -0.25) is 19.9 Å². The van der Waals surface area contributed by atoms with Gasteiger partial charge in [-0.15, -0.1) is 0 Å². The van der Waals surface area contributed by atoms with Crippen LogP contribution in [0.5, 0.6) is 0 Å². The Bertz CT molecular complexity index is 465. The normalized spacial score (nSPS) is 13.6. The van der Waals surface area contributed by atoms with Gasteiger partial charge in [0.1, 0.15) is 11.8 Å². The summed E-state index contributed by atoms with van der Waals surface area (Å²) in [6.07, 6.45) is -1.36. The fourth-order valence-corrected chi connectivity index (χ4v) is 1.53. The van der Waals surface area contributed by atoms with Crippen LogP contribution in [0.2, 0.25) is 0 Å². The molecule has 2 atom stereocenters. The van der Waals surface area contributed by atoms with Gasteiger partial charge >= 0.3 is 0 Å². The molecule has 0 aromatic carbocycles. The van der Waals surface area contributed by atoms with Crippen molar-refractivity contribution in [2.75, 3.05) is 6.54 Å². The summed E-state index contributed by atoms with van der Waals surface area (Å²) in [4.78, 5) is 24.5. The second-order valence-electron chi connectivity index (χ2n) is 3.95. The van der Waals surface area contributed by atoms with Crippen molar-refractivity contribution in [1.29, 1.82) is 0 Å². The van der Waals surface area contributed by atoms with Crippen LogP contribution in [0.1, 0.15) is 25.1 Å². The first kappa shape index (κ1) is 15.0. The molecule has 1 aromatic rings. The van der Waals surface area contributed by atoms with Gasteiger partial charge in [0, 0.05) is 25.7 Å². The molecule has 1 amide bonds. The lowest BCUT2D eigenvalue weighted by Crippen LogP contribution is -2.28. The average Bonchev–Trinajstić information content (AvgIpc) is 2.37. The molecule has 0 aliphatic heterocycles. The molecular weight excluding hydrogens is 254 g/mol. The molecule has 0 bridgehead atoms. The van der Waals surface area contributed by atoms with E-state index in [4.69, 9.17) is 0 Å². The molecular formula is C11H15N3O5. The lowest BCUT2D eigenvalue weighted by molar-refractivity contribution is -0.386. The predicted molar refractivity (Wildman–Crippen MR) is 65.2 cm³/mol. The molecule has 1 heterocycles. The maximum Gasteiger partial charge on any atom is 0.293 e. The maximum atomic E-state index is 10.8. The summed E-state index contributed by atoms with van der Waals surface area (Å²) in [5.74, 6) is -0.259.